The molecule has 0 atom stereocenters. The van der Waals surface area contributed by atoms with E-state index in [0.717, 1.165) is 9.13 Å². The van der Waals surface area contributed by atoms with Crippen LogP contribution in [0.3, 0.4) is 0 Å². The molecule has 0 spiro atoms. The van der Waals surface area contributed by atoms with E-state index in [2.05, 4.69) is 28.7 Å². The molecule has 0 bridgehead atoms. The lowest BCUT2D eigenvalue weighted by Gasteiger charge is -2.14. The maximum atomic E-state index is 11.0. The minimum absolute atomic E-state index is 0.0749. The van der Waals surface area contributed by atoms with E-state index in [4.69, 9.17) is 21.1 Å². The Morgan fingerprint density at radius 3 is 2.68 bits per heavy atom. The van der Waals surface area contributed by atoms with Gasteiger partial charge in [-0.15, -0.1) is 0 Å². The van der Waals surface area contributed by atoms with Crippen LogP contribution in [0.2, 0.25) is 5.02 Å². The normalized spacial score (nSPS) is 11.0. The molecule has 6 nitrogen and oxygen atoms in total. The van der Waals surface area contributed by atoms with Gasteiger partial charge in [0.1, 0.15) is 6.61 Å². The van der Waals surface area contributed by atoms with Crippen molar-refractivity contribution < 1.29 is 14.4 Å². The maximum Gasteiger partial charge on any atom is 0.270 e. The van der Waals surface area contributed by atoms with Crippen molar-refractivity contribution in [2.45, 2.75) is 6.61 Å². The summed E-state index contributed by atoms with van der Waals surface area (Å²) in [5.41, 5.74) is 2.24. The first kappa shape index (κ1) is 22.6. The highest BCUT2D eigenvalue weighted by atomic mass is 127. The summed E-state index contributed by atoms with van der Waals surface area (Å²) >= 11 is 8.33. The van der Waals surface area contributed by atoms with E-state index in [1.165, 1.54) is 19.2 Å². The lowest BCUT2D eigenvalue weighted by molar-refractivity contribution is -0.384. The molecule has 0 radical (unpaired) electrons. The molecule has 0 saturated heterocycles. The van der Waals surface area contributed by atoms with Crippen LogP contribution in [0.4, 0.5) is 5.69 Å². The molecule has 3 rings (SSSR count). The van der Waals surface area contributed by atoms with Gasteiger partial charge >= 0.3 is 0 Å². The van der Waals surface area contributed by atoms with Crippen LogP contribution >= 0.6 is 34.2 Å². The summed E-state index contributed by atoms with van der Waals surface area (Å²) in [4.78, 5) is 10.5. The standard InChI is InChI=1S/C23H16ClIN2O4/c1-30-22-11-15(9-18(13-26)16-6-4-7-19(12-16)27(28)29)10-21(25)23(22)31-14-17-5-2-3-8-20(17)24/h2-12H,14H2,1H3/b18-9-. The predicted octanol–water partition coefficient (Wildman–Crippen LogP) is 6.50. The van der Waals surface area contributed by atoms with Gasteiger partial charge in [0.05, 0.1) is 27.2 Å². The van der Waals surface area contributed by atoms with Crippen molar-refractivity contribution in [3.63, 3.8) is 0 Å². The van der Waals surface area contributed by atoms with Crippen molar-refractivity contribution in [1.82, 2.24) is 0 Å². The number of nitro groups is 1. The van der Waals surface area contributed by atoms with Crippen LogP contribution in [0.25, 0.3) is 11.6 Å². The van der Waals surface area contributed by atoms with Gasteiger partial charge in [0.15, 0.2) is 11.5 Å². The molecule has 0 N–H and O–H groups in total. The summed E-state index contributed by atoms with van der Waals surface area (Å²) in [7, 11) is 1.53. The number of nitro benzene ring substituents is 1. The number of ether oxygens (including phenoxy) is 2. The number of nitrogens with zero attached hydrogens (tertiary/aromatic N) is 2. The number of nitriles is 1. The van der Waals surface area contributed by atoms with E-state index in [1.807, 2.05) is 24.3 Å². The SMILES string of the molecule is COc1cc(/C=C(/C#N)c2cccc([N+](=O)[O-])c2)cc(I)c1OCc1ccccc1Cl. The van der Waals surface area contributed by atoms with E-state index < -0.39 is 4.92 Å². The zero-order chi connectivity index (χ0) is 22.4. The number of benzene rings is 3. The fraction of sp³-hybridized carbons (Fsp3) is 0.0870. The van der Waals surface area contributed by atoms with Gasteiger partial charge in [-0.1, -0.05) is 41.9 Å². The second-order valence-electron chi connectivity index (χ2n) is 6.39. The summed E-state index contributed by atoms with van der Waals surface area (Å²) in [6, 6.07) is 19.1. The Morgan fingerprint density at radius 1 is 1.23 bits per heavy atom. The Morgan fingerprint density at radius 2 is 2.00 bits per heavy atom. The maximum absolute atomic E-state index is 11.0. The van der Waals surface area contributed by atoms with E-state index in [-0.39, 0.29) is 12.3 Å². The summed E-state index contributed by atoms with van der Waals surface area (Å²) in [5, 5.41) is 21.3. The first-order chi connectivity index (χ1) is 14.9. The minimum Gasteiger partial charge on any atom is -0.493 e. The zero-order valence-corrected chi connectivity index (χ0v) is 19.3. The van der Waals surface area contributed by atoms with Gasteiger partial charge in [-0.2, -0.15) is 5.26 Å². The van der Waals surface area contributed by atoms with Gasteiger partial charge in [-0.05, 0) is 58.0 Å². The third-order valence-corrected chi connectivity index (χ3v) is 5.55. The molecule has 0 aliphatic rings. The lowest BCUT2D eigenvalue weighted by atomic mass is 10.0. The van der Waals surface area contributed by atoms with Crippen LogP contribution in [0.1, 0.15) is 16.7 Å². The van der Waals surface area contributed by atoms with Crippen LogP contribution in [0, 0.1) is 25.0 Å². The number of hydrogen-bond donors (Lipinski definition) is 0. The molecule has 0 aliphatic carbocycles. The van der Waals surface area contributed by atoms with Gasteiger partial charge in [-0.3, -0.25) is 10.1 Å². The summed E-state index contributed by atoms with van der Waals surface area (Å²) in [6.45, 7) is 0.276. The quantitative estimate of drug-likeness (QED) is 0.111. The molecule has 0 aromatic heterocycles. The Balaban J connectivity index is 1.93. The highest BCUT2D eigenvalue weighted by Gasteiger charge is 2.14. The molecular weight excluding hydrogens is 531 g/mol. The molecule has 156 valence electrons. The number of halogens is 2. The fourth-order valence-corrected chi connectivity index (χ4v) is 3.83. The van der Waals surface area contributed by atoms with Gasteiger partial charge in [0, 0.05) is 22.7 Å². The Bertz CT molecular complexity index is 1200. The third kappa shape index (κ3) is 5.54. The smallest absolute Gasteiger partial charge is 0.270 e. The van der Waals surface area contributed by atoms with Crippen molar-refractivity contribution in [3.8, 4) is 17.6 Å². The van der Waals surface area contributed by atoms with Gasteiger partial charge < -0.3 is 9.47 Å². The molecule has 8 heteroatoms. The van der Waals surface area contributed by atoms with Crippen molar-refractivity contribution in [2.75, 3.05) is 7.11 Å². The van der Waals surface area contributed by atoms with Crippen molar-refractivity contribution in [3.05, 3.63) is 96.1 Å². The van der Waals surface area contributed by atoms with Crippen LogP contribution in [0.15, 0.2) is 60.7 Å². The molecule has 3 aromatic rings. The van der Waals surface area contributed by atoms with Crippen molar-refractivity contribution in [1.29, 1.82) is 5.26 Å². The van der Waals surface area contributed by atoms with Gasteiger partial charge in [0.25, 0.3) is 5.69 Å². The Labute approximate surface area is 198 Å². The lowest BCUT2D eigenvalue weighted by Crippen LogP contribution is -2.00. The van der Waals surface area contributed by atoms with Crippen LogP contribution in [0.5, 0.6) is 11.5 Å². The van der Waals surface area contributed by atoms with Gasteiger partial charge in [-0.25, -0.2) is 0 Å². The molecule has 0 aliphatic heterocycles. The number of methoxy groups -OCH3 is 1. The third-order valence-electron chi connectivity index (χ3n) is 4.38. The summed E-state index contributed by atoms with van der Waals surface area (Å²) in [6.07, 6.45) is 1.65. The number of non-ortho nitro benzene ring substituents is 1. The van der Waals surface area contributed by atoms with E-state index in [0.29, 0.717) is 33.2 Å². The fourth-order valence-electron chi connectivity index (χ4n) is 2.86. The molecule has 0 fully saturated rings. The topological polar surface area (TPSA) is 85.4 Å². The summed E-state index contributed by atoms with van der Waals surface area (Å²) in [5.74, 6) is 1.07. The van der Waals surface area contributed by atoms with Gasteiger partial charge in [0.2, 0.25) is 0 Å². The molecule has 0 saturated carbocycles. The highest BCUT2D eigenvalue weighted by molar-refractivity contribution is 14.1. The molecule has 0 unspecified atom stereocenters. The van der Waals surface area contributed by atoms with Crippen LogP contribution < -0.4 is 9.47 Å². The average molecular weight is 547 g/mol. The molecule has 0 heterocycles. The van der Waals surface area contributed by atoms with Crippen LogP contribution in [-0.4, -0.2) is 12.0 Å². The number of hydrogen-bond acceptors (Lipinski definition) is 5. The molecule has 3 aromatic carbocycles. The molecule has 31 heavy (non-hydrogen) atoms. The zero-order valence-electron chi connectivity index (χ0n) is 16.3. The summed E-state index contributed by atoms with van der Waals surface area (Å²) < 4.78 is 12.2. The first-order valence-corrected chi connectivity index (χ1v) is 10.5. The average Bonchev–Trinajstić information content (AvgIpc) is 2.77. The number of rotatable bonds is 7. The van der Waals surface area contributed by atoms with E-state index in [9.17, 15) is 15.4 Å². The minimum atomic E-state index is -0.490. The highest BCUT2D eigenvalue weighted by Crippen LogP contribution is 2.36. The molecular formula is C23H16ClIN2O4. The Kier molecular flexibility index (Phi) is 7.50. The second kappa shape index (κ2) is 10.3. The number of allylic oxidation sites excluding steroid dienone is 1. The van der Waals surface area contributed by atoms with Crippen molar-refractivity contribution >= 4 is 51.5 Å². The monoisotopic (exact) mass is 546 g/mol. The Hall–Kier alpha value is -3.09. The second-order valence-corrected chi connectivity index (χ2v) is 7.96. The van der Waals surface area contributed by atoms with E-state index in [1.54, 1.807) is 30.3 Å². The largest absolute Gasteiger partial charge is 0.493 e. The molecule has 0 amide bonds. The van der Waals surface area contributed by atoms with Crippen molar-refractivity contribution in [2.24, 2.45) is 0 Å². The van der Waals surface area contributed by atoms with E-state index >= 15 is 0 Å². The van der Waals surface area contributed by atoms with Crippen LogP contribution in [-0.2, 0) is 6.61 Å². The predicted molar refractivity (Wildman–Crippen MR) is 128 cm³/mol. The first-order valence-electron chi connectivity index (χ1n) is 9.03.